The molecule has 3 unspecified atom stereocenters. The van der Waals surface area contributed by atoms with Crippen LogP contribution in [0.2, 0.25) is 0 Å². The largest absolute Gasteiger partial charge is 0.311 e. The Morgan fingerprint density at radius 1 is 1.05 bits per heavy atom. The molecule has 2 nitrogen and oxygen atoms in total. The predicted molar refractivity (Wildman–Crippen MR) is 94.8 cm³/mol. The first-order valence-electron chi connectivity index (χ1n) is 9.55. The van der Waals surface area contributed by atoms with Crippen LogP contribution in [0.1, 0.15) is 79.6 Å². The van der Waals surface area contributed by atoms with E-state index in [2.05, 4.69) is 44.8 Å². The summed E-state index contributed by atoms with van der Waals surface area (Å²) in [6.07, 6.45) is 9.64. The Labute approximate surface area is 134 Å². The summed E-state index contributed by atoms with van der Waals surface area (Å²) in [4.78, 5) is 2.77. The Hall–Kier alpha value is -0.0800. The van der Waals surface area contributed by atoms with Crippen LogP contribution in [0.25, 0.3) is 0 Å². The van der Waals surface area contributed by atoms with Gasteiger partial charge in [0.1, 0.15) is 0 Å². The lowest BCUT2D eigenvalue weighted by atomic mass is 9.94. The molecule has 1 fully saturated rings. The van der Waals surface area contributed by atoms with Crippen molar-refractivity contribution in [2.45, 2.75) is 91.6 Å². The van der Waals surface area contributed by atoms with E-state index in [4.69, 9.17) is 0 Å². The average Bonchev–Trinajstić information content (AvgIpc) is 2.49. The molecule has 126 valence electrons. The van der Waals surface area contributed by atoms with Gasteiger partial charge in [0.2, 0.25) is 0 Å². The standard InChI is InChI=1S/C19H40N2/c1-6-17(5)19-15-21(18(7-2)14-20-19)13-11-9-8-10-12-16(3)4/h16-20H,6-15H2,1-5H3. The molecule has 0 aromatic carbocycles. The van der Waals surface area contributed by atoms with Crippen LogP contribution in [0.15, 0.2) is 0 Å². The second-order valence-electron chi connectivity index (χ2n) is 7.55. The van der Waals surface area contributed by atoms with Crippen molar-refractivity contribution in [1.82, 2.24) is 10.2 Å². The Morgan fingerprint density at radius 2 is 1.76 bits per heavy atom. The predicted octanol–water partition coefficient (Wildman–Crippen LogP) is 4.69. The van der Waals surface area contributed by atoms with E-state index in [1.54, 1.807) is 0 Å². The van der Waals surface area contributed by atoms with Crippen LogP contribution < -0.4 is 5.32 Å². The van der Waals surface area contributed by atoms with Crippen LogP contribution in [-0.2, 0) is 0 Å². The van der Waals surface area contributed by atoms with Crippen molar-refractivity contribution in [3.63, 3.8) is 0 Å². The molecule has 0 spiro atoms. The molecule has 1 saturated heterocycles. The molecular formula is C19H40N2. The van der Waals surface area contributed by atoms with Gasteiger partial charge in [-0.1, -0.05) is 66.7 Å². The molecule has 3 atom stereocenters. The van der Waals surface area contributed by atoms with E-state index in [-0.39, 0.29) is 0 Å². The van der Waals surface area contributed by atoms with Crippen LogP contribution in [0, 0.1) is 11.8 Å². The van der Waals surface area contributed by atoms with E-state index in [1.165, 1.54) is 64.6 Å². The van der Waals surface area contributed by atoms with Gasteiger partial charge < -0.3 is 5.32 Å². The zero-order valence-electron chi connectivity index (χ0n) is 15.3. The maximum absolute atomic E-state index is 3.78. The normalized spacial score (nSPS) is 25.4. The van der Waals surface area contributed by atoms with E-state index >= 15 is 0 Å². The van der Waals surface area contributed by atoms with Crippen LogP contribution in [-0.4, -0.2) is 36.6 Å². The van der Waals surface area contributed by atoms with Crippen LogP contribution >= 0.6 is 0 Å². The average molecular weight is 297 g/mol. The Balaban J connectivity index is 2.25. The van der Waals surface area contributed by atoms with Gasteiger partial charge in [0.15, 0.2) is 0 Å². The molecule has 1 rings (SSSR count). The third-order valence-corrected chi connectivity index (χ3v) is 5.34. The second kappa shape index (κ2) is 10.6. The molecule has 1 aliphatic rings. The summed E-state index contributed by atoms with van der Waals surface area (Å²) in [6, 6.07) is 1.47. The SMILES string of the molecule is CCC(C)C1CN(CCCCCCC(C)C)C(CC)CN1. The van der Waals surface area contributed by atoms with Gasteiger partial charge >= 0.3 is 0 Å². The maximum Gasteiger partial charge on any atom is 0.0221 e. The van der Waals surface area contributed by atoms with E-state index in [0.29, 0.717) is 6.04 Å². The topological polar surface area (TPSA) is 15.3 Å². The highest BCUT2D eigenvalue weighted by atomic mass is 15.2. The number of hydrogen-bond acceptors (Lipinski definition) is 2. The summed E-state index contributed by atoms with van der Waals surface area (Å²) in [5.74, 6) is 1.68. The summed E-state index contributed by atoms with van der Waals surface area (Å²) < 4.78 is 0. The number of rotatable bonds is 10. The zero-order chi connectivity index (χ0) is 15.7. The van der Waals surface area contributed by atoms with Gasteiger partial charge in [-0.05, 0) is 31.2 Å². The molecule has 0 bridgehead atoms. The minimum atomic E-state index is 0.707. The number of unbranched alkanes of at least 4 members (excludes halogenated alkanes) is 3. The lowest BCUT2D eigenvalue weighted by Gasteiger charge is -2.42. The maximum atomic E-state index is 3.78. The van der Waals surface area contributed by atoms with Gasteiger partial charge in [-0.3, -0.25) is 4.90 Å². The van der Waals surface area contributed by atoms with Gasteiger partial charge in [-0.15, -0.1) is 0 Å². The molecule has 0 saturated carbocycles. The highest BCUT2D eigenvalue weighted by Gasteiger charge is 2.28. The first-order valence-corrected chi connectivity index (χ1v) is 9.55. The van der Waals surface area contributed by atoms with Crippen LogP contribution in [0.5, 0.6) is 0 Å². The van der Waals surface area contributed by atoms with E-state index < -0.39 is 0 Å². The Kier molecular flexibility index (Phi) is 9.59. The zero-order valence-corrected chi connectivity index (χ0v) is 15.3. The summed E-state index contributed by atoms with van der Waals surface area (Å²) >= 11 is 0. The van der Waals surface area contributed by atoms with Gasteiger partial charge in [-0.25, -0.2) is 0 Å². The lowest BCUT2D eigenvalue weighted by Crippen LogP contribution is -2.58. The van der Waals surface area contributed by atoms with Crippen molar-refractivity contribution < 1.29 is 0 Å². The van der Waals surface area contributed by atoms with E-state index in [0.717, 1.165) is 17.9 Å². The highest BCUT2D eigenvalue weighted by molar-refractivity contribution is 4.87. The molecule has 2 heteroatoms. The minimum absolute atomic E-state index is 0.707. The third kappa shape index (κ3) is 7.15. The Bertz CT molecular complexity index is 252. The number of nitrogens with one attached hydrogen (secondary N) is 1. The van der Waals surface area contributed by atoms with Crippen molar-refractivity contribution in [3.8, 4) is 0 Å². The molecule has 0 aliphatic carbocycles. The second-order valence-corrected chi connectivity index (χ2v) is 7.55. The van der Waals surface area contributed by atoms with Gasteiger partial charge in [0, 0.05) is 25.2 Å². The quantitative estimate of drug-likeness (QED) is 0.588. The smallest absolute Gasteiger partial charge is 0.0221 e. The fourth-order valence-corrected chi connectivity index (χ4v) is 3.45. The summed E-state index contributed by atoms with van der Waals surface area (Å²) in [7, 11) is 0. The highest BCUT2D eigenvalue weighted by Crippen LogP contribution is 2.18. The molecule has 1 N–H and O–H groups in total. The lowest BCUT2D eigenvalue weighted by molar-refractivity contribution is 0.104. The van der Waals surface area contributed by atoms with E-state index in [1.807, 2.05) is 0 Å². The number of piperazine rings is 1. The van der Waals surface area contributed by atoms with Gasteiger partial charge in [0.25, 0.3) is 0 Å². The van der Waals surface area contributed by atoms with Crippen LogP contribution in [0.4, 0.5) is 0 Å². The molecule has 0 radical (unpaired) electrons. The first-order chi connectivity index (χ1) is 10.1. The van der Waals surface area contributed by atoms with Crippen molar-refractivity contribution in [2.24, 2.45) is 11.8 Å². The molecule has 0 aromatic rings. The summed E-state index contributed by atoms with van der Waals surface area (Å²) in [5.41, 5.74) is 0. The van der Waals surface area contributed by atoms with Crippen LogP contribution in [0.3, 0.4) is 0 Å². The first kappa shape index (κ1) is 19.0. The van der Waals surface area contributed by atoms with Crippen molar-refractivity contribution in [1.29, 1.82) is 0 Å². The molecule has 21 heavy (non-hydrogen) atoms. The van der Waals surface area contributed by atoms with Crippen molar-refractivity contribution in [3.05, 3.63) is 0 Å². The van der Waals surface area contributed by atoms with Crippen molar-refractivity contribution in [2.75, 3.05) is 19.6 Å². The minimum Gasteiger partial charge on any atom is -0.311 e. The summed E-state index contributed by atoms with van der Waals surface area (Å²) in [5, 5.41) is 3.78. The third-order valence-electron chi connectivity index (χ3n) is 5.34. The molecule has 1 heterocycles. The van der Waals surface area contributed by atoms with Gasteiger partial charge in [-0.2, -0.15) is 0 Å². The van der Waals surface area contributed by atoms with Gasteiger partial charge in [0.05, 0.1) is 0 Å². The fraction of sp³-hybridized carbons (Fsp3) is 1.00. The number of hydrogen-bond donors (Lipinski definition) is 1. The summed E-state index contributed by atoms with van der Waals surface area (Å²) in [6.45, 7) is 15.5. The monoisotopic (exact) mass is 296 g/mol. The molecule has 0 amide bonds. The van der Waals surface area contributed by atoms with E-state index in [9.17, 15) is 0 Å². The number of nitrogens with zero attached hydrogens (tertiary/aromatic N) is 1. The Morgan fingerprint density at radius 3 is 2.38 bits per heavy atom. The molecule has 0 aromatic heterocycles. The molecule has 1 aliphatic heterocycles. The molecular weight excluding hydrogens is 256 g/mol. The van der Waals surface area contributed by atoms with Crippen molar-refractivity contribution >= 4 is 0 Å². The fourth-order valence-electron chi connectivity index (χ4n) is 3.45.